The van der Waals surface area contributed by atoms with Gasteiger partial charge in [-0.2, -0.15) is 0 Å². The first-order valence-electron chi connectivity index (χ1n) is 4.58. The van der Waals surface area contributed by atoms with Crippen molar-refractivity contribution in [1.82, 2.24) is 9.55 Å². The molecule has 2 rings (SSSR count). The first kappa shape index (κ1) is 9.45. The van der Waals surface area contributed by atoms with Crippen LogP contribution < -0.4 is 11.3 Å². The maximum absolute atomic E-state index is 11.6. The smallest absolute Gasteiger partial charge is 0.255 e. The SMILES string of the molecule is Cc1ccc(=O)n(-c2ccc(N)nc2)c1.[HH]. The highest BCUT2D eigenvalue weighted by molar-refractivity contribution is 5.37. The van der Waals surface area contributed by atoms with Crippen LogP contribution in [0, 0.1) is 6.92 Å². The molecule has 0 aromatic carbocycles. The number of anilines is 1. The van der Waals surface area contributed by atoms with Gasteiger partial charge in [0.15, 0.2) is 0 Å². The van der Waals surface area contributed by atoms with Crippen molar-refractivity contribution < 1.29 is 1.43 Å². The van der Waals surface area contributed by atoms with Crippen molar-refractivity contribution in [3.05, 3.63) is 52.6 Å². The van der Waals surface area contributed by atoms with Crippen LogP contribution in [-0.4, -0.2) is 9.55 Å². The summed E-state index contributed by atoms with van der Waals surface area (Å²) in [4.78, 5) is 15.5. The van der Waals surface area contributed by atoms with Crippen molar-refractivity contribution in [3.63, 3.8) is 0 Å². The highest BCUT2D eigenvalue weighted by Gasteiger charge is 1.99. The van der Waals surface area contributed by atoms with Crippen molar-refractivity contribution >= 4 is 5.82 Å². The average Bonchev–Trinajstić information content (AvgIpc) is 2.23. The lowest BCUT2D eigenvalue weighted by Gasteiger charge is -2.05. The zero-order chi connectivity index (χ0) is 10.8. The molecule has 2 aromatic rings. The lowest BCUT2D eigenvalue weighted by atomic mass is 10.3. The summed E-state index contributed by atoms with van der Waals surface area (Å²) in [6.45, 7) is 1.93. The van der Waals surface area contributed by atoms with Crippen molar-refractivity contribution in [2.75, 3.05) is 5.73 Å². The van der Waals surface area contributed by atoms with Crippen LogP contribution in [0.2, 0.25) is 0 Å². The van der Waals surface area contributed by atoms with Crippen LogP contribution >= 0.6 is 0 Å². The van der Waals surface area contributed by atoms with Gasteiger partial charge in [0, 0.05) is 13.7 Å². The summed E-state index contributed by atoms with van der Waals surface area (Å²) in [6.07, 6.45) is 3.35. The van der Waals surface area contributed by atoms with Crippen LogP contribution in [0.4, 0.5) is 5.82 Å². The Labute approximate surface area is 88.5 Å². The molecule has 78 valence electrons. The molecule has 0 atom stereocenters. The maximum atomic E-state index is 11.6. The minimum atomic E-state index is -0.0767. The first-order valence-corrected chi connectivity index (χ1v) is 4.58. The van der Waals surface area contributed by atoms with Crippen LogP contribution in [0.1, 0.15) is 6.99 Å². The Kier molecular flexibility index (Phi) is 2.25. The Morgan fingerprint density at radius 1 is 1.33 bits per heavy atom. The predicted octanol–water partition coefficient (Wildman–Crippen LogP) is 1.37. The molecule has 0 bridgehead atoms. The van der Waals surface area contributed by atoms with Gasteiger partial charge in [-0.1, -0.05) is 6.07 Å². The minimum Gasteiger partial charge on any atom is -0.384 e. The van der Waals surface area contributed by atoms with Crippen molar-refractivity contribution in [2.45, 2.75) is 6.92 Å². The zero-order valence-electron chi connectivity index (χ0n) is 8.34. The number of hydrogen-bond acceptors (Lipinski definition) is 3. The van der Waals surface area contributed by atoms with E-state index in [1.54, 1.807) is 35.2 Å². The van der Waals surface area contributed by atoms with Gasteiger partial charge in [-0.15, -0.1) is 0 Å². The van der Waals surface area contributed by atoms with Gasteiger partial charge in [0.1, 0.15) is 5.82 Å². The molecule has 0 saturated carbocycles. The zero-order valence-corrected chi connectivity index (χ0v) is 8.34. The van der Waals surface area contributed by atoms with E-state index >= 15 is 0 Å². The Balaban J connectivity index is 0.00000128. The highest BCUT2D eigenvalue weighted by atomic mass is 16.1. The fourth-order valence-electron chi connectivity index (χ4n) is 1.34. The number of aryl methyl sites for hydroxylation is 1. The van der Waals surface area contributed by atoms with E-state index in [1.807, 2.05) is 6.92 Å². The molecule has 0 aliphatic rings. The number of pyridine rings is 2. The van der Waals surface area contributed by atoms with Crippen LogP contribution in [0.5, 0.6) is 0 Å². The van der Waals surface area contributed by atoms with Crippen molar-refractivity contribution in [3.8, 4) is 5.69 Å². The van der Waals surface area contributed by atoms with E-state index in [2.05, 4.69) is 4.98 Å². The second kappa shape index (κ2) is 3.57. The molecule has 0 fully saturated rings. The molecule has 2 heterocycles. The van der Waals surface area contributed by atoms with Gasteiger partial charge in [0.2, 0.25) is 0 Å². The normalized spacial score (nSPS) is 10.2. The number of aromatic nitrogens is 2. The quantitative estimate of drug-likeness (QED) is 0.761. The third kappa shape index (κ3) is 1.88. The Bertz CT molecular complexity index is 534. The average molecular weight is 203 g/mol. The van der Waals surface area contributed by atoms with Crippen molar-refractivity contribution in [2.24, 2.45) is 0 Å². The molecule has 0 unspecified atom stereocenters. The Hall–Kier alpha value is -2.10. The molecule has 15 heavy (non-hydrogen) atoms. The summed E-state index contributed by atoms with van der Waals surface area (Å²) < 4.78 is 1.54. The predicted molar refractivity (Wildman–Crippen MR) is 61.1 cm³/mol. The van der Waals surface area contributed by atoms with E-state index < -0.39 is 0 Å². The molecular formula is C11H13N3O. The highest BCUT2D eigenvalue weighted by Crippen LogP contribution is 2.06. The summed E-state index contributed by atoms with van der Waals surface area (Å²) in [7, 11) is 0. The molecule has 0 saturated heterocycles. The van der Waals surface area contributed by atoms with E-state index in [4.69, 9.17) is 5.73 Å². The van der Waals surface area contributed by atoms with E-state index in [0.29, 0.717) is 5.82 Å². The van der Waals surface area contributed by atoms with E-state index in [-0.39, 0.29) is 6.99 Å². The van der Waals surface area contributed by atoms with E-state index in [9.17, 15) is 4.79 Å². The molecular weight excluding hydrogens is 190 g/mol. The largest absolute Gasteiger partial charge is 0.384 e. The monoisotopic (exact) mass is 203 g/mol. The van der Waals surface area contributed by atoms with E-state index in [1.165, 1.54) is 6.07 Å². The molecule has 0 amide bonds. The lowest BCUT2D eigenvalue weighted by Crippen LogP contribution is -2.16. The topological polar surface area (TPSA) is 60.9 Å². The van der Waals surface area contributed by atoms with Gasteiger partial charge in [-0.3, -0.25) is 9.36 Å². The summed E-state index contributed by atoms with van der Waals surface area (Å²) in [5.41, 5.74) is 7.14. The minimum absolute atomic E-state index is 0. The molecule has 0 radical (unpaired) electrons. The fourth-order valence-corrected chi connectivity index (χ4v) is 1.34. The van der Waals surface area contributed by atoms with Crippen LogP contribution in [0.3, 0.4) is 0 Å². The number of nitrogen functional groups attached to an aromatic ring is 1. The van der Waals surface area contributed by atoms with Crippen molar-refractivity contribution in [1.29, 1.82) is 0 Å². The van der Waals surface area contributed by atoms with Crippen LogP contribution in [0.25, 0.3) is 5.69 Å². The second-order valence-electron chi connectivity index (χ2n) is 3.36. The van der Waals surface area contributed by atoms with Gasteiger partial charge < -0.3 is 5.73 Å². The summed E-state index contributed by atoms with van der Waals surface area (Å²) >= 11 is 0. The number of nitrogens with two attached hydrogens (primary N) is 1. The lowest BCUT2D eigenvalue weighted by molar-refractivity contribution is 0.967. The number of nitrogens with zero attached hydrogens (tertiary/aromatic N) is 2. The summed E-state index contributed by atoms with van der Waals surface area (Å²) in [6, 6.07) is 6.75. The van der Waals surface area contributed by atoms with E-state index in [0.717, 1.165) is 11.3 Å². The molecule has 0 spiro atoms. The van der Waals surface area contributed by atoms with Gasteiger partial charge >= 0.3 is 0 Å². The van der Waals surface area contributed by atoms with Gasteiger partial charge in [-0.25, -0.2) is 4.98 Å². The Morgan fingerprint density at radius 3 is 2.80 bits per heavy atom. The number of hydrogen-bond donors (Lipinski definition) is 1. The molecule has 2 N–H and O–H groups in total. The van der Waals surface area contributed by atoms with Gasteiger partial charge in [0.05, 0.1) is 11.9 Å². The maximum Gasteiger partial charge on any atom is 0.255 e. The van der Waals surface area contributed by atoms with Gasteiger partial charge in [0.25, 0.3) is 5.56 Å². The standard InChI is InChI=1S/C11H11N3O.H2/c1-8-2-5-11(15)14(7-8)9-3-4-10(12)13-6-9;/h2-7H,1H3,(H2,12,13);1H. The molecule has 4 heteroatoms. The van der Waals surface area contributed by atoms with Crippen LogP contribution in [-0.2, 0) is 0 Å². The third-order valence-corrected chi connectivity index (χ3v) is 2.11. The van der Waals surface area contributed by atoms with Crippen LogP contribution in [0.15, 0.2) is 41.5 Å². The molecule has 0 aliphatic heterocycles. The molecule has 0 aliphatic carbocycles. The summed E-state index contributed by atoms with van der Waals surface area (Å²) in [5.74, 6) is 0.444. The second-order valence-corrected chi connectivity index (χ2v) is 3.36. The Morgan fingerprint density at radius 2 is 2.13 bits per heavy atom. The molecule has 4 nitrogen and oxygen atoms in total. The molecule has 2 aromatic heterocycles. The van der Waals surface area contributed by atoms with Gasteiger partial charge in [-0.05, 0) is 24.6 Å². The third-order valence-electron chi connectivity index (χ3n) is 2.11. The number of rotatable bonds is 1. The fraction of sp³-hybridized carbons (Fsp3) is 0.0909. The summed E-state index contributed by atoms with van der Waals surface area (Å²) in [5, 5.41) is 0. The first-order chi connectivity index (χ1) is 7.16.